The number of amides is 3. The Morgan fingerprint density at radius 3 is 2.47 bits per heavy atom. The van der Waals surface area contributed by atoms with Crippen molar-refractivity contribution >= 4 is 28.5 Å². The smallest absolute Gasteiger partial charge is 0.324 e. The van der Waals surface area contributed by atoms with Crippen LogP contribution in [0.3, 0.4) is 0 Å². The first kappa shape index (κ1) is 24.2. The second kappa shape index (κ2) is 9.17. The molecule has 2 aliphatic heterocycles. The van der Waals surface area contributed by atoms with Crippen molar-refractivity contribution < 1.29 is 19.4 Å². The number of aromatic amines is 1. The van der Waals surface area contributed by atoms with Crippen LogP contribution in [0, 0.1) is 6.92 Å². The lowest BCUT2D eigenvalue weighted by molar-refractivity contribution is -0.134. The number of aryl methyl sites for hydroxylation is 1. The number of nitrogens with zero attached hydrogens (tertiary/aromatic N) is 3. The summed E-state index contributed by atoms with van der Waals surface area (Å²) in [5.41, 5.74) is 4.69. The molecule has 2 aromatic carbocycles. The first-order chi connectivity index (χ1) is 17.3. The predicted octanol–water partition coefficient (Wildman–Crippen LogP) is 3.97. The van der Waals surface area contributed by atoms with Gasteiger partial charge in [0.2, 0.25) is 5.91 Å². The standard InChI is InChI=1S/C28H34N4O4/c1-18-5-7-20(8-6-18)30(3)27(35)31-13-11-28(12-14-31)17-32(19(2)34)24(16-33)26-25(28)22-10-9-21(36-4)15-23(22)29-26/h5-10,15,24,29,33H,11-14,16-17H2,1-4H3/t24-/m0/s1. The van der Waals surface area contributed by atoms with Crippen LogP contribution in [-0.4, -0.2) is 72.2 Å². The van der Waals surface area contributed by atoms with E-state index < -0.39 is 6.04 Å². The first-order valence-electron chi connectivity index (χ1n) is 12.5. The molecule has 2 aliphatic rings. The monoisotopic (exact) mass is 490 g/mol. The number of fused-ring (bicyclic) bond motifs is 4. The number of H-pyrrole nitrogens is 1. The number of ether oxygens (including phenoxy) is 1. The van der Waals surface area contributed by atoms with Crippen molar-refractivity contribution in [2.45, 2.75) is 38.1 Å². The Morgan fingerprint density at radius 1 is 1.17 bits per heavy atom. The molecule has 1 saturated heterocycles. The van der Waals surface area contributed by atoms with Gasteiger partial charge in [0.15, 0.2) is 0 Å². The maximum absolute atomic E-state index is 13.3. The third-order valence-electron chi connectivity index (χ3n) is 8.02. The molecule has 2 N–H and O–H groups in total. The molecule has 5 rings (SSSR count). The van der Waals surface area contributed by atoms with Crippen LogP contribution >= 0.6 is 0 Å². The number of urea groups is 1. The van der Waals surface area contributed by atoms with E-state index in [-0.39, 0.29) is 24.0 Å². The number of hydrogen-bond acceptors (Lipinski definition) is 4. The van der Waals surface area contributed by atoms with Crippen molar-refractivity contribution in [1.29, 1.82) is 0 Å². The minimum absolute atomic E-state index is 0.0231. The lowest BCUT2D eigenvalue weighted by Crippen LogP contribution is -2.56. The van der Waals surface area contributed by atoms with Gasteiger partial charge in [-0.2, -0.15) is 0 Å². The predicted molar refractivity (Wildman–Crippen MR) is 140 cm³/mol. The number of rotatable bonds is 3. The molecular formula is C28H34N4O4. The molecule has 0 aliphatic carbocycles. The minimum Gasteiger partial charge on any atom is -0.497 e. The van der Waals surface area contributed by atoms with Crippen LogP contribution in [0.1, 0.15) is 42.6 Å². The number of methoxy groups -OCH3 is 1. The Kier molecular flexibility index (Phi) is 6.16. The van der Waals surface area contributed by atoms with Crippen LogP contribution in [0.15, 0.2) is 42.5 Å². The van der Waals surface area contributed by atoms with Crippen LogP contribution in [0.5, 0.6) is 5.75 Å². The van der Waals surface area contributed by atoms with Gasteiger partial charge in [0, 0.05) is 67.4 Å². The van der Waals surface area contributed by atoms with Gasteiger partial charge in [-0.15, -0.1) is 0 Å². The van der Waals surface area contributed by atoms with Crippen molar-refractivity contribution in [3.8, 4) is 5.75 Å². The molecule has 190 valence electrons. The summed E-state index contributed by atoms with van der Waals surface area (Å²) in [5.74, 6) is 0.687. The van der Waals surface area contributed by atoms with Crippen LogP contribution in [-0.2, 0) is 10.2 Å². The highest BCUT2D eigenvalue weighted by Gasteiger charge is 2.48. The summed E-state index contributed by atoms with van der Waals surface area (Å²) in [6.07, 6.45) is 1.46. The van der Waals surface area contributed by atoms with E-state index in [9.17, 15) is 14.7 Å². The Morgan fingerprint density at radius 2 is 1.86 bits per heavy atom. The molecule has 36 heavy (non-hydrogen) atoms. The van der Waals surface area contributed by atoms with E-state index in [4.69, 9.17) is 4.74 Å². The number of aromatic nitrogens is 1. The summed E-state index contributed by atoms with van der Waals surface area (Å²) in [6, 6.07) is 13.5. The fourth-order valence-electron chi connectivity index (χ4n) is 5.96. The zero-order chi connectivity index (χ0) is 25.6. The van der Waals surface area contributed by atoms with Gasteiger partial charge in [-0.25, -0.2) is 4.79 Å². The molecule has 1 atom stereocenters. The Hall–Kier alpha value is -3.52. The number of anilines is 1. The first-order valence-corrected chi connectivity index (χ1v) is 12.5. The van der Waals surface area contributed by atoms with E-state index in [0.717, 1.165) is 52.0 Å². The van der Waals surface area contributed by atoms with Crippen molar-refractivity contribution in [2.24, 2.45) is 0 Å². The van der Waals surface area contributed by atoms with Gasteiger partial charge in [0.05, 0.1) is 19.8 Å². The third-order valence-corrected chi connectivity index (χ3v) is 8.02. The number of piperidine rings is 1. The molecule has 3 heterocycles. The average Bonchev–Trinajstić information content (AvgIpc) is 3.28. The van der Waals surface area contributed by atoms with Crippen LogP contribution < -0.4 is 9.64 Å². The molecule has 1 aromatic heterocycles. The number of hydrogen-bond donors (Lipinski definition) is 2. The zero-order valence-electron chi connectivity index (χ0n) is 21.4. The second-order valence-corrected chi connectivity index (χ2v) is 10.1. The van der Waals surface area contributed by atoms with Crippen molar-refractivity contribution in [3.63, 3.8) is 0 Å². The summed E-state index contributed by atoms with van der Waals surface area (Å²) < 4.78 is 5.43. The van der Waals surface area contributed by atoms with E-state index in [1.165, 1.54) is 0 Å². The largest absolute Gasteiger partial charge is 0.497 e. The number of carbonyl (C=O) groups is 2. The lowest BCUT2D eigenvalue weighted by atomic mass is 9.68. The third kappa shape index (κ3) is 3.89. The SMILES string of the molecule is COc1ccc2c3c([nH]c2c1)[C@H](CO)N(C(C)=O)CC31CCN(C(=O)N(C)c2ccc(C)cc2)CC1. The van der Waals surface area contributed by atoms with E-state index in [2.05, 4.69) is 11.1 Å². The summed E-state index contributed by atoms with van der Waals surface area (Å²) in [6.45, 7) is 5.14. The van der Waals surface area contributed by atoms with E-state index in [1.54, 1.807) is 23.8 Å². The van der Waals surface area contributed by atoms with Crippen LogP contribution in [0.2, 0.25) is 0 Å². The van der Waals surface area contributed by atoms with Gasteiger partial charge in [-0.1, -0.05) is 17.7 Å². The normalized spacial score (nSPS) is 18.9. The lowest BCUT2D eigenvalue weighted by Gasteiger charge is -2.50. The maximum Gasteiger partial charge on any atom is 0.324 e. The maximum atomic E-state index is 13.3. The molecule has 3 aromatic rings. The average molecular weight is 491 g/mol. The van der Waals surface area contributed by atoms with Gasteiger partial charge >= 0.3 is 6.03 Å². The molecular weight excluding hydrogens is 456 g/mol. The second-order valence-electron chi connectivity index (χ2n) is 10.1. The van der Waals surface area contributed by atoms with Gasteiger partial charge in [0.25, 0.3) is 0 Å². The van der Waals surface area contributed by atoms with Crippen molar-refractivity contribution in [3.05, 3.63) is 59.3 Å². The fraction of sp³-hybridized carbons (Fsp3) is 0.429. The number of benzene rings is 2. The summed E-state index contributed by atoms with van der Waals surface area (Å²) in [5, 5.41) is 11.4. The molecule has 8 heteroatoms. The zero-order valence-corrected chi connectivity index (χ0v) is 21.4. The van der Waals surface area contributed by atoms with E-state index >= 15 is 0 Å². The van der Waals surface area contributed by atoms with E-state index in [1.807, 2.05) is 55.3 Å². The fourth-order valence-corrected chi connectivity index (χ4v) is 5.96. The molecule has 8 nitrogen and oxygen atoms in total. The number of aliphatic hydroxyl groups is 1. The van der Waals surface area contributed by atoms with Gasteiger partial charge in [0.1, 0.15) is 5.75 Å². The van der Waals surface area contributed by atoms with Crippen molar-refractivity contribution in [2.75, 3.05) is 45.3 Å². The number of nitrogens with one attached hydrogen (secondary N) is 1. The molecule has 1 fully saturated rings. The highest BCUT2D eigenvalue weighted by atomic mass is 16.5. The molecule has 0 bridgehead atoms. The summed E-state index contributed by atoms with van der Waals surface area (Å²) in [7, 11) is 3.45. The summed E-state index contributed by atoms with van der Waals surface area (Å²) in [4.78, 5) is 34.9. The highest BCUT2D eigenvalue weighted by Crippen LogP contribution is 2.49. The Balaban J connectivity index is 1.48. The van der Waals surface area contributed by atoms with Crippen molar-refractivity contribution in [1.82, 2.24) is 14.8 Å². The molecule has 0 radical (unpaired) electrons. The van der Waals surface area contributed by atoms with Gasteiger partial charge < -0.3 is 24.6 Å². The topological polar surface area (TPSA) is 89.1 Å². The molecule has 0 unspecified atom stereocenters. The van der Waals surface area contributed by atoms with Gasteiger partial charge in [-0.3, -0.25) is 9.69 Å². The Bertz CT molecular complexity index is 1290. The number of likely N-dealkylation sites (tertiary alicyclic amines) is 1. The quantitative estimate of drug-likeness (QED) is 0.582. The Labute approximate surface area is 211 Å². The van der Waals surface area contributed by atoms with Crippen LogP contribution in [0.4, 0.5) is 10.5 Å². The molecule has 0 saturated carbocycles. The van der Waals surface area contributed by atoms with E-state index in [0.29, 0.717) is 19.6 Å². The summed E-state index contributed by atoms with van der Waals surface area (Å²) >= 11 is 0. The highest BCUT2D eigenvalue weighted by molar-refractivity contribution is 5.92. The molecule has 1 spiro atoms. The number of aliphatic hydroxyl groups excluding tert-OH is 1. The molecule has 3 amide bonds. The van der Waals surface area contributed by atoms with Crippen LogP contribution in [0.25, 0.3) is 10.9 Å². The minimum atomic E-state index is -0.422. The number of carbonyl (C=O) groups excluding carboxylic acids is 2. The van der Waals surface area contributed by atoms with Gasteiger partial charge in [-0.05, 0) is 49.6 Å².